The second-order valence-corrected chi connectivity index (χ2v) is 6.32. The van der Waals surface area contributed by atoms with E-state index in [1.165, 1.54) is 0 Å². The highest BCUT2D eigenvalue weighted by molar-refractivity contribution is 6.31. The fourth-order valence-corrected chi connectivity index (χ4v) is 3.24. The number of aromatic nitrogens is 1. The van der Waals surface area contributed by atoms with Gasteiger partial charge in [0.2, 0.25) is 0 Å². The molecule has 1 aromatic carbocycles. The Hall–Kier alpha value is -1.56. The van der Waals surface area contributed by atoms with Gasteiger partial charge in [-0.3, -0.25) is 4.79 Å². The van der Waals surface area contributed by atoms with Crippen molar-refractivity contribution in [1.82, 2.24) is 20.1 Å². The van der Waals surface area contributed by atoms with Crippen molar-refractivity contribution in [3.05, 3.63) is 35.0 Å². The van der Waals surface area contributed by atoms with E-state index in [4.69, 9.17) is 11.6 Å². The quantitative estimate of drug-likeness (QED) is 0.906. The number of nitrogens with zero attached hydrogens (tertiary/aromatic N) is 2. The minimum atomic E-state index is 0.0562. The van der Waals surface area contributed by atoms with E-state index in [1.54, 1.807) is 0 Å². The summed E-state index contributed by atoms with van der Waals surface area (Å²) >= 11 is 6.01. The van der Waals surface area contributed by atoms with E-state index in [2.05, 4.69) is 22.2 Å². The fourth-order valence-electron chi connectivity index (χ4n) is 3.06. The number of halogens is 1. The highest BCUT2D eigenvalue weighted by Crippen LogP contribution is 2.22. The molecule has 1 aliphatic heterocycles. The highest BCUT2D eigenvalue weighted by Gasteiger charge is 2.29. The van der Waals surface area contributed by atoms with E-state index < -0.39 is 0 Å². The minimum Gasteiger partial charge on any atom is -0.351 e. The Balaban J connectivity index is 1.86. The first-order chi connectivity index (χ1) is 10.6. The molecule has 2 heterocycles. The molecule has 22 heavy (non-hydrogen) atoms. The number of amides is 1. The molecule has 3 rings (SSSR count). The van der Waals surface area contributed by atoms with Gasteiger partial charge in [0.25, 0.3) is 5.91 Å². The number of H-pyrrole nitrogens is 1. The zero-order valence-corrected chi connectivity index (χ0v) is 13.7. The molecule has 118 valence electrons. The van der Waals surface area contributed by atoms with Crippen LogP contribution in [0.2, 0.25) is 5.02 Å². The summed E-state index contributed by atoms with van der Waals surface area (Å²) in [6.45, 7) is 3.33. The number of hydrogen-bond acceptors (Lipinski definition) is 3. The molecule has 2 N–H and O–H groups in total. The Morgan fingerprint density at radius 2 is 2.23 bits per heavy atom. The van der Waals surface area contributed by atoms with Gasteiger partial charge >= 0.3 is 0 Å². The maximum atomic E-state index is 12.9. The van der Waals surface area contributed by atoms with Crippen molar-refractivity contribution < 1.29 is 4.79 Å². The maximum Gasteiger partial charge on any atom is 0.270 e. The first kappa shape index (κ1) is 15.3. The number of carbonyl (C=O) groups is 1. The predicted octanol–water partition coefficient (Wildman–Crippen LogP) is 1.80. The number of rotatable bonds is 3. The molecule has 5 nitrogen and oxygen atoms in total. The standard InChI is InChI=1S/C16H21ClN4O/c1-18-9-13-10-20(2)5-6-21(13)16(22)15-8-11-7-12(17)3-4-14(11)19-15/h3-4,7-8,13,18-19H,5-6,9-10H2,1-2H3. The van der Waals surface area contributed by atoms with Crippen LogP contribution in [0, 0.1) is 0 Å². The van der Waals surface area contributed by atoms with Gasteiger partial charge in [0, 0.05) is 42.1 Å². The van der Waals surface area contributed by atoms with Crippen LogP contribution in [-0.2, 0) is 0 Å². The number of aromatic amines is 1. The van der Waals surface area contributed by atoms with Crippen LogP contribution in [0.25, 0.3) is 10.9 Å². The zero-order valence-electron chi connectivity index (χ0n) is 12.9. The third kappa shape index (κ3) is 2.97. The number of carbonyl (C=O) groups excluding carboxylic acids is 1. The van der Waals surface area contributed by atoms with Gasteiger partial charge < -0.3 is 20.1 Å². The van der Waals surface area contributed by atoms with Crippen molar-refractivity contribution in [3.63, 3.8) is 0 Å². The van der Waals surface area contributed by atoms with Crippen LogP contribution in [0.15, 0.2) is 24.3 Å². The Labute approximate surface area is 135 Å². The van der Waals surface area contributed by atoms with Crippen molar-refractivity contribution in [2.75, 3.05) is 40.3 Å². The van der Waals surface area contributed by atoms with Crippen LogP contribution in [0.5, 0.6) is 0 Å². The van der Waals surface area contributed by atoms with Gasteiger partial charge in [-0.05, 0) is 38.4 Å². The molecule has 2 aromatic rings. The Bertz CT molecular complexity index is 684. The van der Waals surface area contributed by atoms with E-state index in [1.807, 2.05) is 36.2 Å². The third-order valence-corrected chi connectivity index (χ3v) is 4.43. The number of piperazine rings is 1. The van der Waals surface area contributed by atoms with E-state index in [0.717, 1.165) is 37.1 Å². The van der Waals surface area contributed by atoms with Gasteiger partial charge in [0.05, 0.1) is 6.04 Å². The van der Waals surface area contributed by atoms with Crippen LogP contribution < -0.4 is 5.32 Å². The summed E-state index contributed by atoms with van der Waals surface area (Å²) in [4.78, 5) is 20.3. The summed E-state index contributed by atoms with van der Waals surface area (Å²) < 4.78 is 0. The summed E-state index contributed by atoms with van der Waals surface area (Å²) in [6, 6.07) is 7.68. The normalized spacial score (nSPS) is 19.8. The summed E-state index contributed by atoms with van der Waals surface area (Å²) in [7, 11) is 4.01. The molecule has 1 aromatic heterocycles. The molecule has 0 spiro atoms. The molecule has 1 fully saturated rings. The van der Waals surface area contributed by atoms with E-state index in [0.29, 0.717) is 10.7 Å². The molecular formula is C16H21ClN4O. The third-order valence-electron chi connectivity index (χ3n) is 4.20. The molecule has 0 bridgehead atoms. The Kier molecular flexibility index (Phi) is 4.38. The fraction of sp³-hybridized carbons (Fsp3) is 0.438. The average Bonchev–Trinajstić information content (AvgIpc) is 2.90. The van der Waals surface area contributed by atoms with Crippen LogP contribution in [0.4, 0.5) is 0 Å². The molecule has 1 saturated heterocycles. The molecule has 0 radical (unpaired) electrons. The number of fused-ring (bicyclic) bond motifs is 1. The van der Waals surface area contributed by atoms with Gasteiger partial charge in [0.1, 0.15) is 5.69 Å². The van der Waals surface area contributed by atoms with Crippen LogP contribution >= 0.6 is 11.6 Å². The first-order valence-electron chi connectivity index (χ1n) is 7.51. The Morgan fingerprint density at radius 3 is 3.00 bits per heavy atom. The molecule has 6 heteroatoms. The van der Waals surface area contributed by atoms with Gasteiger partial charge in [-0.15, -0.1) is 0 Å². The van der Waals surface area contributed by atoms with Crippen LogP contribution in [0.1, 0.15) is 10.5 Å². The lowest BCUT2D eigenvalue weighted by atomic mass is 10.1. The summed E-state index contributed by atoms with van der Waals surface area (Å²) in [5.74, 6) is 0.0562. The average molecular weight is 321 g/mol. The van der Waals surface area contributed by atoms with Gasteiger partial charge in [0.15, 0.2) is 0 Å². The van der Waals surface area contributed by atoms with Crippen molar-refractivity contribution >= 4 is 28.4 Å². The predicted molar refractivity (Wildman–Crippen MR) is 89.6 cm³/mol. The largest absolute Gasteiger partial charge is 0.351 e. The zero-order chi connectivity index (χ0) is 15.7. The number of likely N-dealkylation sites (N-methyl/N-ethyl adjacent to an activating group) is 2. The van der Waals surface area contributed by atoms with Crippen molar-refractivity contribution in [2.45, 2.75) is 6.04 Å². The minimum absolute atomic E-state index is 0.0562. The lowest BCUT2D eigenvalue weighted by Gasteiger charge is -2.39. The van der Waals surface area contributed by atoms with E-state index in [9.17, 15) is 4.79 Å². The highest BCUT2D eigenvalue weighted by atomic mass is 35.5. The molecule has 1 unspecified atom stereocenters. The van der Waals surface area contributed by atoms with E-state index in [-0.39, 0.29) is 11.9 Å². The molecule has 1 aliphatic rings. The first-order valence-corrected chi connectivity index (χ1v) is 7.88. The van der Waals surface area contributed by atoms with Crippen molar-refractivity contribution in [3.8, 4) is 0 Å². The molecule has 0 saturated carbocycles. The maximum absolute atomic E-state index is 12.9. The lowest BCUT2D eigenvalue weighted by Crippen LogP contribution is -2.57. The van der Waals surface area contributed by atoms with Gasteiger partial charge in [-0.25, -0.2) is 0 Å². The summed E-state index contributed by atoms with van der Waals surface area (Å²) in [5.41, 5.74) is 1.56. The molecule has 0 aliphatic carbocycles. The van der Waals surface area contributed by atoms with Crippen molar-refractivity contribution in [2.24, 2.45) is 0 Å². The molecular weight excluding hydrogens is 300 g/mol. The second-order valence-electron chi connectivity index (χ2n) is 5.89. The summed E-state index contributed by atoms with van der Waals surface area (Å²) in [6.07, 6.45) is 0. The van der Waals surface area contributed by atoms with Crippen molar-refractivity contribution in [1.29, 1.82) is 0 Å². The van der Waals surface area contributed by atoms with Gasteiger partial charge in [-0.2, -0.15) is 0 Å². The van der Waals surface area contributed by atoms with Gasteiger partial charge in [-0.1, -0.05) is 11.6 Å². The topological polar surface area (TPSA) is 51.4 Å². The van der Waals surface area contributed by atoms with Crippen LogP contribution in [-0.4, -0.2) is 67.0 Å². The number of hydrogen-bond donors (Lipinski definition) is 2. The number of benzene rings is 1. The number of nitrogens with one attached hydrogen (secondary N) is 2. The summed E-state index contributed by atoms with van der Waals surface area (Å²) in [5, 5.41) is 4.83. The second kappa shape index (κ2) is 6.28. The Morgan fingerprint density at radius 1 is 1.41 bits per heavy atom. The van der Waals surface area contributed by atoms with E-state index >= 15 is 0 Å². The monoisotopic (exact) mass is 320 g/mol. The molecule has 1 atom stereocenters. The molecule has 1 amide bonds. The SMILES string of the molecule is CNCC1CN(C)CCN1C(=O)c1cc2cc(Cl)ccc2[nH]1. The van der Waals surface area contributed by atoms with Crippen LogP contribution in [0.3, 0.4) is 0 Å². The lowest BCUT2D eigenvalue weighted by molar-refractivity contribution is 0.0499. The smallest absolute Gasteiger partial charge is 0.270 e.